The van der Waals surface area contributed by atoms with Gasteiger partial charge in [0.2, 0.25) is 10.0 Å². The summed E-state index contributed by atoms with van der Waals surface area (Å²) in [7, 11) is -3.22. The lowest BCUT2D eigenvalue weighted by Crippen LogP contribution is -2.37. The summed E-state index contributed by atoms with van der Waals surface area (Å²) in [5, 5.41) is 0. The zero-order chi connectivity index (χ0) is 13.0. The summed E-state index contributed by atoms with van der Waals surface area (Å²) in [6.07, 6.45) is 0.201. The molecule has 16 heavy (non-hydrogen) atoms. The van der Waals surface area contributed by atoms with Crippen LogP contribution in [-0.4, -0.2) is 33.4 Å². The van der Waals surface area contributed by atoms with E-state index in [9.17, 15) is 13.2 Å². The zero-order valence-electron chi connectivity index (χ0n) is 10.1. The van der Waals surface area contributed by atoms with Gasteiger partial charge in [0.15, 0.2) is 0 Å². The second-order valence-corrected chi connectivity index (χ2v) is 6.58. The highest BCUT2D eigenvalue weighted by Gasteiger charge is 2.27. The predicted octanol–water partition coefficient (Wildman–Crippen LogP) is 0.436. The molecular formula is C9H20N2O4S. The van der Waals surface area contributed by atoms with Crippen molar-refractivity contribution >= 4 is 16.1 Å². The number of carbonyl (C=O) groups excluding carboxylic acids is 1. The lowest BCUT2D eigenvalue weighted by atomic mass is 9.87. The van der Waals surface area contributed by atoms with Gasteiger partial charge in [0.05, 0.1) is 6.26 Å². The fourth-order valence-electron chi connectivity index (χ4n) is 1.18. The Morgan fingerprint density at radius 1 is 1.44 bits per heavy atom. The number of rotatable bonds is 5. The van der Waals surface area contributed by atoms with Gasteiger partial charge in [-0.05, 0) is 11.8 Å². The molecule has 0 radical (unpaired) electrons. The molecule has 0 aliphatic carbocycles. The van der Waals surface area contributed by atoms with Gasteiger partial charge >= 0.3 is 6.09 Å². The van der Waals surface area contributed by atoms with Gasteiger partial charge in [0.25, 0.3) is 0 Å². The van der Waals surface area contributed by atoms with Gasteiger partial charge in [0, 0.05) is 6.54 Å². The van der Waals surface area contributed by atoms with E-state index in [1.54, 1.807) is 0 Å². The number of nitrogens with one attached hydrogen (secondary N) is 1. The van der Waals surface area contributed by atoms with Gasteiger partial charge in [0.1, 0.15) is 6.10 Å². The van der Waals surface area contributed by atoms with E-state index >= 15 is 0 Å². The van der Waals surface area contributed by atoms with Crippen molar-refractivity contribution in [3.05, 3.63) is 0 Å². The van der Waals surface area contributed by atoms with Gasteiger partial charge in [-0.15, -0.1) is 0 Å². The van der Waals surface area contributed by atoms with E-state index < -0.39 is 22.2 Å². The van der Waals surface area contributed by atoms with Crippen LogP contribution in [0.15, 0.2) is 0 Å². The summed E-state index contributed by atoms with van der Waals surface area (Å²) in [4.78, 5) is 10.7. The largest absolute Gasteiger partial charge is 0.446 e. The third kappa shape index (κ3) is 7.47. The molecule has 1 atom stereocenters. The number of hydrogen-bond acceptors (Lipinski definition) is 4. The topological polar surface area (TPSA) is 98.5 Å². The quantitative estimate of drug-likeness (QED) is 0.741. The summed E-state index contributed by atoms with van der Waals surface area (Å²) >= 11 is 0. The van der Waals surface area contributed by atoms with E-state index in [-0.39, 0.29) is 12.0 Å². The number of sulfonamides is 1. The molecule has 1 unspecified atom stereocenters. The molecule has 0 saturated carbocycles. The molecule has 0 heterocycles. The summed E-state index contributed by atoms with van der Waals surface area (Å²) in [5.74, 6) is 0. The number of ether oxygens (including phenoxy) is 1. The van der Waals surface area contributed by atoms with Crippen LogP contribution in [-0.2, 0) is 14.8 Å². The fraction of sp³-hybridized carbons (Fsp3) is 0.889. The first-order valence-electron chi connectivity index (χ1n) is 4.93. The van der Waals surface area contributed by atoms with Gasteiger partial charge in [-0.2, -0.15) is 0 Å². The summed E-state index contributed by atoms with van der Waals surface area (Å²) in [6, 6.07) is 0. The molecule has 3 N–H and O–H groups in total. The normalized spacial score (nSPS) is 14.5. The van der Waals surface area contributed by atoms with Crippen LogP contribution in [0.25, 0.3) is 0 Å². The molecule has 1 amide bonds. The Hall–Kier alpha value is -0.820. The van der Waals surface area contributed by atoms with Crippen molar-refractivity contribution in [1.29, 1.82) is 0 Å². The van der Waals surface area contributed by atoms with E-state index in [0.29, 0.717) is 6.42 Å². The maximum Gasteiger partial charge on any atom is 0.404 e. The van der Waals surface area contributed by atoms with Crippen LogP contribution in [0, 0.1) is 5.41 Å². The van der Waals surface area contributed by atoms with E-state index in [4.69, 9.17) is 10.5 Å². The molecule has 0 bridgehead atoms. The van der Waals surface area contributed by atoms with Crippen molar-refractivity contribution in [2.45, 2.75) is 33.3 Å². The molecular weight excluding hydrogens is 232 g/mol. The van der Waals surface area contributed by atoms with Crippen LogP contribution < -0.4 is 10.5 Å². The molecule has 6 nitrogen and oxygen atoms in total. The maximum absolute atomic E-state index is 10.8. The van der Waals surface area contributed by atoms with Crippen LogP contribution in [0.2, 0.25) is 0 Å². The number of nitrogens with two attached hydrogens (primary N) is 1. The zero-order valence-corrected chi connectivity index (χ0v) is 10.9. The monoisotopic (exact) mass is 252 g/mol. The molecule has 0 aromatic rings. The second-order valence-electron chi connectivity index (χ2n) is 4.75. The lowest BCUT2D eigenvalue weighted by Gasteiger charge is -2.29. The Morgan fingerprint density at radius 2 is 1.94 bits per heavy atom. The first-order valence-corrected chi connectivity index (χ1v) is 6.82. The highest BCUT2D eigenvalue weighted by molar-refractivity contribution is 7.88. The van der Waals surface area contributed by atoms with Crippen LogP contribution in [0.5, 0.6) is 0 Å². The van der Waals surface area contributed by atoms with Crippen molar-refractivity contribution in [2.24, 2.45) is 11.1 Å². The molecule has 0 aromatic heterocycles. The highest BCUT2D eigenvalue weighted by atomic mass is 32.2. The van der Waals surface area contributed by atoms with E-state index in [1.807, 2.05) is 20.8 Å². The Labute approximate surface area is 96.6 Å². The summed E-state index contributed by atoms with van der Waals surface area (Å²) < 4.78 is 29.0. The SMILES string of the molecule is CC(C)(C)C(CCNS(C)(=O)=O)OC(N)=O. The standard InChI is InChI=1S/C9H20N2O4S/c1-9(2,3)7(15-8(10)12)5-6-11-16(4,13)14/h7,11H,5-6H2,1-4H3,(H2,10,12). The van der Waals surface area contributed by atoms with E-state index in [2.05, 4.69) is 4.72 Å². The number of hydrogen-bond donors (Lipinski definition) is 2. The van der Waals surface area contributed by atoms with Crippen molar-refractivity contribution in [3.8, 4) is 0 Å². The van der Waals surface area contributed by atoms with Gasteiger partial charge < -0.3 is 10.5 Å². The number of carbonyl (C=O) groups is 1. The fourth-order valence-corrected chi connectivity index (χ4v) is 1.67. The van der Waals surface area contributed by atoms with Crippen molar-refractivity contribution < 1.29 is 17.9 Å². The first kappa shape index (κ1) is 15.2. The van der Waals surface area contributed by atoms with Crippen LogP contribution in [0.1, 0.15) is 27.2 Å². The average molecular weight is 252 g/mol. The molecule has 0 saturated heterocycles. The molecule has 0 aromatic carbocycles. The van der Waals surface area contributed by atoms with Crippen molar-refractivity contribution in [2.75, 3.05) is 12.8 Å². The maximum atomic E-state index is 10.8. The van der Waals surface area contributed by atoms with Gasteiger partial charge in [-0.1, -0.05) is 20.8 Å². The van der Waals surface area contributed by atoms with Gasteiger partial charge in [-0.3, -0.25) is 0 Å². The average Bonchev–Trinajstić information content (AvgIpc) is 1.97. The second kappa shape index (κ2) is 5.49. The van der Waals surface area contributed by atoms with Crippen LogP contribution in [0.3, 0.4) is 0 Å². The summed E-state index contributed by atoms with van der Waals surface area (Å²) in [6.45, 7) is 5.89. The van der Waals surface area contributed by atoms with Crippen molar-refractivity contribution in [3.63, 3.8) is 0 Å². The Balaban J connectivity index is 4.29. The number of amides is 1. The van der Waals surface area contributed by atoms with Crippen LogP contribution in [0.4, 0.5) is 4.79 Å². The van der Waals surface area contributed by atoms with Crippen molar-refractivity contribution in [1.82, 2.24) is 4.72 Å². The molecule has 96 valence electrons. The minimum atomic E-state index is -3.22. The third-order valence-corrected chi connectivity index (χ3v) is 2.72. The Morgan fingerprint density at radius 3 is 2.25 bits per heavy atom. The Bertz CT molecular complexity index is 332. The number of primary amides is 1. The molecule has 0 rings (SSSR count). The summed E-state index contributed by atoms with van der Waals surface area (Å²) in [5.41, 5.74) is 4.66. The van der Waals surface area contributed by atoms with Gasteiger partial charge in [-0.25, -0.2) is 17.9 Å². The van der Waals surface area contributed by atoms with E-state index in [0.717, 1.165) is 6.26 Å². The lowest BCUT2D eigenvalue weighted by molar-refractivity contribution is 0.0326. The predicted molar refractivity (Wildman–Crippen MR) is 61.4 cm³/mol. The highest BCUT2D eigenvalue weighted by Crippen LogP contribution is 2.24. The first-order chi connectivity index (χ1) is 7.02. The molecule has 0 aliphatic rings. The third-order valence-electron chi connectivity index (χ3n) is 2.00. The smallest absolute Gasteiger partial charge is 0.404 e. The van der Waals surface area contributed by atoms with E-state index in [1.165, 1.54) is 0 Å². The molecule has 7 heteroatoms. The molecule has 0 fully saturated rings. The molecule has 0 spiro atoms. The molecule has 0 aliphatic heterocycles. The van der Waals surface area contributed by atoms with Crippen LogP contribution >= 0.6 is 0 Å². The minimum Gasteiger partial charge on any atom is -0.446 e. The Kier molecular flexibility index (Phi) is 5.21. The minimum absolute atomic E-state index is 0.216.